The molecule has 1 saturated heterocycles. The predicted octanol–water partition coefficient (Wildman–Crippen LogP) is 2.43. The molecular formula is C16H25N3O2. The van der Waals surface area contributed by atoms with Gasteiger partial charge in [-0.1, -0.05) is 6.07 Å². The van der Waals surface area contributed by atoms with Crippen LogP contribution in [0.3, 0.4) is 0 Å². The average molecular weight is 291 g/mol. The van der Waals surface area contributed by atoms with Crippen molar-refractivity contribution in [3.05, 3.63) is 30.1 Å². The normalized spacial score (nSPS) is 17.2. The van der Waals surface area contributed by atoms with Crippen molar-refractivity contribution in [3.63, 3.8) is 0 Å². The van der Waals surface area contributed by atoms with E-state index in [9.17, 15) is 4.79 Å². The summed E-state index contributed by atoms with van der Waals surface area (Å²) in [6.45, 7) is 10.2. The molecule has 0 spiro atoms. The van der Waals surface area contributed by atoms with Crippen LogP contribution in [0.5, 0.6) is 0 Å². The molecule has 1 unspecified atom stereocenters. The van der Waals surface area contributed by atoms with Crippen molar-refractivity contribution in [1.82, 2.24) is 15.2 Å². The van der Waals surface area contributed by atoms with Crippen molar-refractivity contribution in [3.8, 4) is 0 Å². The van der Waals surface area contributed by atoms with Crippen LogP contribution >= 0.6 is 0 Å². The number of ether oxygens (including phenoxy) is 1. The van der Waals surface area contributed by atoms with Crippen LogP contribution in [0.1, 0.15) is 33.3 Å². The van der Waals surface area contributed by atoms with E-state index in [4.69, 9.17) is 4.74 Å². The predicted molar refractivity (Wildman–Crippen MR) is 81.8 cm³/mol. The maximum Gasteiger partial charge on any atom is 0.410 e. The summed E-state index contributed by atoms with van der Waals surface area (Å²) >= 11 is 0. The van der Waals surface area contributed by atoms with E-state index in [1.54, 1.807) is 11.1 Å². The number of rotatable bonds is 4. The monoisotopic (exact) mass is 291 g/mol. The largest absolute Gasteiger partial charge is 0.444 e. The second-order valence-corrected chi connectivity index (χ2v) is 6.68. The van der Waals surface area contributed by atoms with Crippen molar-refractivity contribution in [2.75, 3.05) is 13.1 Å². The molecule has 1 N–H and O–H groups in total. The number of carbonyl (C=O) groups excluding carboxylic acids is 1. The quantitative estimate of drug-likeness (QED) is 0.925. The van der Waals surface area contributed by atoms with Crippen LogP contribution in [0.25, 0.3) is 0 Å². The van der Waals surface area contributed by atoms with E-state index >= 15 is 0 Å². The molecule has 1 aromatic heterocycles. The van der Waals surface area contributed by atoms with E-state index in [1.165, 1.54) is 5.56 Å². The number of carbonyl (C=O) groups is 1. The lowest BCUT2D eigenvalue weighted by atomic mass is 9.93. The number of hydrogen-bond acceptors (Lipinski definition) is 4. The zero-order chi connectivity index (χ0) is 15.5. The Bertz CT molecular complexity index is 464. The van der Waals surface area contributed by atoms with Crippen molar-refractivity contribution in [2.45, 2.75) is 45.9 Å². The Morgan fingerprint density at radius 2 is 2.24 bits per heavy atom. The van der Waals surface area contributed by atoms with Gasteiger partial charge in [0.2, 0.25) is 0 Å². The van der Waals surface area contributed by atoms with Gasteiger partial charge in [0.15, 0.2) is 0 Å². The minimum absolute atomic E-state index is 0.210. The number of nitrogens with one attached hydrogen (secondary N) is 1. The maximum absolute atomic E-state index is 11.9. The zero-order valence-corrected chi connectivity index (χ0v) is 13.3. The maximum atomic E-state index is 11.9. The fourth-order valence-electron chi connectivity index (χ4n) is 2.25. The summed E-state index contributed by atoms with van der Waals surface area (Å²) in [5, 5.41) is 3.49. The summed E-state index contributed by atoms with van der Waals surface area (Å²) in [4.78, 5) is 17.7. The highest BCUT2D eigenvalue weighted by Gasteiger charge is 2.36. The van der Waals surface area contributed by atoms with Gasteiger partial charge in [0.25, 0.3) is 0 Å². The Morgan fingerprint density at radius 3 is 2.81 bits per heavy atom. The first-order chi connectivity index (χ1) is 9.85. The minimum Gasteiger partial charge on any atom is -0.444 e. The molecule has 1 atom stereocenters. The van der Waals surface area contributed by atoms with E-state index in [2.05, 4.69) is 23.3 Å². The molecule has 0 aromatic carbocycles. The van der Waals surface area contributed by atoms with Gasteiger partial charge in [0.1, 0.15) is 5.60 Å². The third-order valence-electron chi connectivity index (χ3n) is 3.62. The molecule has 1 aliphatic heterocycles. The van der Waals surface area contributed by atoms with Crippen LogP contribution < -0.4 is 5.32 Å². The standard InChI is InChI=1S/C16H25N3O2/c1-12(18-9-13-6-5-7-17-8-13)14-10-19(11-14)15(20)21-16(2,3)4/h5-8,12,14,18H,9-11H2,1-4H3. The highest BCUT2D eigenvalue weighted by molar-refractivity contribution is 5.69. The van der Waals surface area contributed by atoms with Crippen LogP contribution in [-0.4, -0.2) is 40.7 Å². The second kappa shape index (κ2) is 6.43. The lowest BCUT2D eigenvalue weighted by molar-refractivity contribution is -0.00579. The zero-order valence-electron chi connectivity index (χ0n) is 13.3. The summed E-state index contributed by atoms with van der Waals surface area (Å²) in [7, 11) is 0. The Morgan fingerprint density at radius 1 is 1.52 bits per heavy atom. The molecule has 0 aliphatic carbocycles. The Hall–Kier alpha value is -1.62. The van der Waals surface area contributed by atoms with Gasteiger partial charge < -0.3 is 15.0 Å². The number of pyridine rings is 1. The highest BCUT2D eigenvalue weighted by atomic mass is 16.6. The number of likely N-dealkylation sites (tertiary alicyclic amines) is 1. The molecule has 5 heteroatoms. The summed E-state index contributed by atoms with van der Waals surface area (Å²) in [5.41, 5.74) is 0.750. The molecule has 1 fully saturated rings. The van der Waals surface area contributed by atoms with Gasteiger partial charge >= 0.3 is 6.09 Å². The molecule has 2 rings (SSSR count). The number of amides is 1. The van der Waals surface area contributed by atoms with E-state index in [0.29, 0.717) is 12.0 Å². The van der Waals surface area contributed by atoms with Gasteiger partial charge in [-0.3, -0.25) is 4.98 Å². The second-order valence-electron chi connectivity index (χ2n) is 6.68. The van der Waals surface area contributed by atoms with E-state index < -0.39 is 5.60 Å². The highest BCUT2D eigenvalue weighted by Crippen LogP contribution is 2.22. The van der Waals surface area contributed by atoms with Crippen LogP contribution in [0.4, 0.5) is 4.79 Å². The summed E-state index contributed by atoms with van der Waals surface area (Å²) in [6, 6.07) is 4.36. The van der Waals surface area contributed by atoms with Gasteiger partial charge in [-0.05, 0) is 39.3 Å². The number of aromatic nitrogens is 1. The summed E-state index contributed by atoms with van der Waals surface area (Å²) in [5.74, 6) is 0.481. The molecule has 2 heterocycles. The van der Waals surface area contributed by atoms with Gasteiger partial charge in [0, 0.05) is 44.0 Å². The van der Waals surface area contributed by atoms with Crippen molar-refractivity contribution >= 4 is 6.09 Å². The van der Waals surface area contributed by atoms with Crippen LogP contribution in [0.2, 0.25) is 0 Å². The van der Waals surface area contributed by atoms with E-state index in [-0.39, 0.29) is 6.09 Å². The first kappa shape index (κ1) is 15.8. The van der Waals surface area contributed by atoms with Gasteiger partial charge in [-0.15, -0.1) is 0 Å². The third kappa shape index (κ3) is 4.70. The Balaban J connectivity index is 1.70. The molecule has 1 aromatic rings. The Kier molecular flexibility index (Phi) is 4.83. The molecular weight excluding hydrogens is 266 g/mol. The van der Waals surface area contributed by atoms with Crippen LogP contribution in [0, 0.1) is 5.92 Å². The molecule has 0 saturated carbocycles. The number of nitrogens with zero attached hydrogens (tertiary/aromatic N) is 2. The van der Waals surface area contributed by atoms with E-state index in [1.807, 2.05) is 33.0 Å². The fourth-order valence-corrected chi connectivity index (χ4v) is 2.25. The van der Waals surface area contributed by atoms with Crippen LogP contribution in [-0.2, 0) is 11.3 Å². The molecule has 1 aliphatic rings. The molecule has 116 valence electrons. The van der Waals surface area contributed by atoms with Crippen molar-refractivity contribution in [1.29, 1.82) is 0 Å². The number of hydrogen-bond donors (Lipinski definition) is 1. The SMILES string of the molecule is CC(NCc1cccnc1)C1CN(C(=O)OC(C)(C)C)C1. The van der Waals surface area contributed by atoms with Crippen molar-refractivity contribution in [2.24, 2.45) is 5.92 Å². The molecule has 0 bridgehead atoms. The van der Waals surface area contributed by atoms with Crippen LogP contribution in [0.15, 0.2) is 24.5 Å². The molecule has 0 radical (unpaired) electrons. The first-order valence-electron chi connectivity index (χ1n) is 7.45. The van der Waals surface area contributed by atoms with E-state index in [0.717, 1.165) is 19.6 Å². The lowest BCUT2D eigenvalue weighted by Gasteiger charge is -2.42. The molecule has 21 heavy (non-hydrogen) atoms. The smallest absolute Gasteiger partial charge is 0.410 e. The summed E-state index contributed by atoms with van der Waals surface area (Å²) < 4.78 is 5.36. The van der Waals surface area contributed by atoms with Gasteiger partial charge in [-0.2, -0.15) is 0 Å². The van der Waals surface area contributed by atoms with Gasteiger partial charge in [0.05, 0.1) is 0 Å². The van der Waals surface area contributed by atoms with Crippen molar-refractivity contribution < 1.29 is 9.53 Å². The Labute approximate surface area is 126 Å². The van der Waals surface area contributed by atoms with Gasteiger partial charge in [-0.25, -0.2) is 4.79 Å². The molecule has 1 amide bonds. The topological polar surface area (TPSA) is 54.5 Å². The summed E-state index contributed by atoms with van der Waals surface area (Å²) in [6.07, 6.45) is 3.43. The minimum atomic E-state index is -0.424. The fraction of sp³-hybridized carbons (Fsp3) is 0.625. The first-order valence-corrected chi connectivity index (χ1v) is 7.45. The third-order valence-corrected chi connectivity index (χ3v) is 3.62. The lowest BCUT2D eigenvalue weighted by Crippen LogP contribution is -2.57. The average Bonchev–Trinajstić information content (AvgIpc) is 2.33. The molecule has 5 nitrogen and oxygen atoms in total.